The van der Waals surface area contributed by atoms with E-state index in [4.69, 9.17) is 9.47 Å². The molecule has 0 atom stereocenters. The summed E-state index contributed by atoms with van der Waals surface area (Å²) in [6.45, 7) is 2.17. The molecule has 0 bridgehead atoms. The highest BCUT2D eigenvalue weighted by Gasteiger charge is 2.23. The van der Waals surface area contributed by atoms with Crippen molar-refractivity contribution in [2.45, 2.75) is 32.5 Å². The molecule has 0 radical (unpaired) electrons. The molecule has 0 saturated heterocycles. The first-order valence-electron chi connectivity index (χ1n) is 7.63. The first-order valence-corrected chi connectivity index (χ1v) is 7.63. The lowest BCUT2D eigenvalue weighted by Crippen LogP contribution is -2.35. The minimum Gasteiger partial charge on any atom is -0.454 e. The third-order valence-corrected chi connectivity index (χ3v) is 3.98. The van der Waals surface area contributed by atoms with Crippen molar-refractivity contribution in [3.8, 4) is 17.2 Å². The second kappa shape index (κ2) is 7.89. The lowest BCUT2D eigenvalue weighted by atomic mass is 9.93. The number of halogens is 3. The van der Waals surface area contributed by atoms with E-state index in [9.17, 15) is 8.78 Å². The zero-order chi connectivity index (χ0) is 17.2. The van der Waals surface area contributed by atoms with Gasteiger partial charge in [0, 0.05) is 12.1 Å². The fraction of sp³-hybridized carbons (Fsp3) is 0.333. The number of nitrogens with one attached hydrogen (secondary N) is 1. The van der Waals surface area contributed by atoms with Crippen molar-refractivity contribution in [2.24, 2.45) is 0 Å². The second-order valence-corrected chi connectivity index (χ2v) is 6.07. The molecule has 0 aliphatic carbocycles. The van der Waals surface area contributed by atoms with Gasteiger partial charge in [0.25, 0.3) is 0 Å². The predicted molar refractivity (Wildman–Crippen MR) is 92.8 cm³/mol. The molecular weight excluding hydrogens is 352 g/mol. The quantitative estimate of drug-likeness (QED) is 0.813. The third kappa shape index (κ3) is 4.74. The minimum absolute atomic E-state index is 0. The normalized spacial score (nSPS) is 12.8. The molecule has 1 heterocycles. The number of benzene rings is 2. The lowest BCUT2D eigenvalue weighted by molar-refractivity contribution is -0.0498. The van der Waals surface area contributed by atoms with E-state index >= 15 is 0 Å². The Morgan fingerprint density at radius 2 is 1.76 bits per heavy atom. The number of hydrogen-bond donors (Lipinski definition) is 1. The average Bonchev–Trinajstić information content (AvgIpc) is 3.01. The van der Waals surface area contributed by atoms with Gasteiger partial charge in [0.05, 0.1) is 0 Å². The molecule has 2 aromatic rings. The van der Waals surface area contributed by atoms with Crippen molar-refractivity contribution in [1.82, 2.24) is 5.32 Å². The summed E-state index contributed by atoms with van der Waals surface area (Å²) in [7, 11) is 0. The molecule has 4 nitrogen and oxygen atoms in total. The SMILES string of the molecule is CC(C)(NCc1ccc(OC(F)F)cc1)c1ccc2c(c1)OCO2.Cl. The van der Waals surface area contributed by atoms with Crippen molar-refractivity contribution >= 4 is 12.4 Å². The summed E-state index contributed by atoms with van der Waals surface area (Å²) in [6.07, 6.45) is 0. The van der Waals surface area contributed by atoms with Gasteiger partial charge in [0.15, 0.2) is 11.5 Å². The maximum atomic E-state index is 12.2. The summed E-state index contributed by atoms with van der Waals surface area (Å²) in [5, 5.41) is 3.46. The fourth-order valence-electron chi connectivity index (χ4n) is 2.50. The van der Waals surface area contributed by atoms with Crippen LogP contribution in [0.5, 0.6) is 17.2 Å². The Balaban J connectivity index is 0.00000225. The summed E-state index contributed by atoms with van der Waals surface area (Å²) in [6, 6.07) is 12.5. The fourth-order valence-corrected chi connectivity index (χ4v) is 2.50. The van der Waals surface area contributed by atoms with Gasteiger partial charge < -0.3 is 19.5 Å². The molecule has 7 heteroatoms. The number of hydrogen-bond acceptors (Lipinski definition) is 4. The van der Waals surface area contributed by atoms with Crippen LogP contribution in [0.4, 0.5) is 8.78 Å². The van der Waals surface area contributed by atoms with Gasteiger partial charge in [-0.15, -0.1) is 12.4 Å². The number of alkyl halides is 2. The van der Waals surface area contributed by atoms with Crippen LogP contribution in [0, 0.1) is 0 Å². The first-order chi connectivity index (χ1) is 11.4. The highest BCUT2D eigenvalue weighted by atomic mass is 35.5. The van der Waals surface area contributed by atoms with Crippen LogP contribution >= 0.6 is 12.4 Å². The summed E-state index contributed by atoms with van der Waals surface area (Å²) in [5.74, 6) is 1.66. The van der Waals surface area contributed by atoms with E-state index in [2.05, 4.69) is 23.9 Å². The van der Waals surface area contributed by atoms with E-state index in [-0.39, 0.29) is 30.5 Å². The molecule has 1 N–H and O–H groups in total. The molecule has 136 valence electrons. The molecule has 2 aromatic carbocycles. The Hall–Kier alpha value is -2.05. The summed E-state index contributed by atoms with van der Waals surface area (Å²) < 4.78 is 39.4. The molecule has 0 fully saturated rings. The van der Waals surface area contributed by atoms with Gasteiger partial charge in [0.2, 0.25) is 6.79 Å². The molecule has 0 unspecified atom stereocenters. The zero-order valence-electron chi connectivity index (χ0n) is 13.9. The van der Waals surface area contributed by atoms with E-state index in [0.29, 0.717) is 6.54 Å². The smallest absolute Gasteiger partial charge is 0.387 e. The van der Waals surface area contributed by atoms with Crippen LogP contribution in [0.3, 0.4) is 0 Å². The van der Waals surface area contributed by atoms with Crippen molar-refractivity contribution < 1.29 is 23.0 Å². The van der Waals surface area contributed by atoms with Gasteiger partial charge in [-0.1, -0.05) is 18.2 Å². The summed E-state index contributed by atoms with van der Waals surface area (Å²) in [5.41, 5.74) is 1.76. The van der Waals surface area contributed by atoms with Gasteiger partial charge in [-0.2, -0.15) is 8.78 Å². The maximum Gasteiger partial charge on any atom is 0.387 e. The molecule has 0 aromatic heterocycles. The molecule has 0 amide bonds. The molecule has 3 rings (SSSR count). The minimum atomic E-state index is -2.81. The predicted octanol–water partition coefficient (Wildman–Crippen LogP) is 4.46. The number of rotatable bonds is 6. The van der Waals surface area contributed by atoms with Gasteiger partial charge in [-0.05, 0) is 49.2 Å². The van der Waals surface area contributed by atoms with Crippen LogP contribution in [0.15, 0.2) is 42.5 Å². The van der Waals surface area contributed by atoms with Crippen LogP contribution in [-0.2, 0) is 12.1 Å². The highest BCUT2D eigenvalue weighted by molar-refractivity contribution is 5.85. The number of ether oxygens (including phenoxy) is 3. The monoisotopic (exact) mass is 371 g/mol. The van der Waals surface area contributed by atoms with E-state index in [0.717, 1.165) is 22.6 Å². The van der Waals surface area contributed by atoms with Crippen LogP contribution < -0.4 is 19.5 Å². The molecule has 1 aliphatic rings. The Morgan fingerprint density at radius 1 is 1.08 bits per heavy atom. The van der Waals surface area contributed by atoms with Crippen LogP contribution in [0.2, 0.25) is 0 Å². The topological polar surface area (TPSA) is 39.7 Å². The van der Waals surface area contributed by atoms with Crippen LogP contribution in [0.1, 0.15) is 25.0 Å². The van der Waals surface area contributed by atoms with E-state index < -0.39 is 6.61 Å². The van der Waals surface area contributed by atoms with E-state index in [1.807, 2.05) is 18.2 Å². The average molecular weight is 372 g/mol. The highest BCUT2D eigenvalue weighted by Crippen LogP contribution is 2.35. The van der Waals surface area contributed by atoms with Gasteiger partial charge in [0.1, 0.15) is 5.75 Å². The third-order valence-electron chi connectivity index (χ3n) is 3.98. The molecular formula is C18H20ClF2NO3. The van der Waals surface area contributed by atoms with Gasteiger partial charge in [-0.3, -0.25) is 0 Å². The van der Waals surface area contributed by atoms with Crippen molar-refractivity contribution in [2.75, 3.05) is 6.79 Å². The van der Waals surface area contributed by atoms with E-state index in [1.165, 1.54) is 12.1 Å². The van der Waals surface area contributed by atoms with Crippen molar-refractivity contribution in [3.05, 3.63) is 53.6 Å². The lowest BCUT2D eigenvalue weighted by Gasteiger charge is -2.27. The summed E-state index contributed by atoms with van der Waals surface area (Å²) >= 11 is 0. The zero-order valence-corrected chi connectivity index (χ0v) is 14.7. The Morgan fingerprint density at radius 3 is 2.44 bits per heavy atom. The molecule has 0 spiro atoms. The maximum absolute atomic E-state index is 12.2. The van der Waals surface area contributed by atoms with Crippen LogP contribution in [-0.4, -0.2) is 13.4 Å². The van der Waals surface area contributed by atoms with E-state index in [1.54, 1.807) is 12.1 Å². The molecule has 0 saturated carbocycles. The molecule has 25 heavy (non-hydrogen) atoms. The largest absolute Gasteiger partial charge is 0.454 e. The molecule has 1 aliphatic heterocycles. The standard InChI is InChI=1S/C18H19F2NO3.ClH/c1-18(2,13-5-8-15-16(9-13)23-11-22-15)21-10-12-3-6-14(7-4-12)24-17(19)20;/h3-9,17,21H,10-11H2,1-2H3;1H. The van der Waals surface area contributed by atoms with Gasteiger partial charge in [-0.25, -0.2) is 0 Å². The summed E-state index contributed by atoms with van der Waals surface area (Å²) in [4.78, 5) is 0. The second-order valence-electron chi connectivity index (χ2n) is 6.07. The van der Waals surface area contributed by atoms with Crippen molar-refractivity contribution in [3.63, 3.8) is 0 Å². The van der Waals surface area contributed by atoms with Gasteiger partial charge >= 0.3 is 6.61 Å². The Kier molecular flexibility index (Phi) is 6.08. The Labute approximate surface area is 151 Å². The van der Waals surface area contributed by atoms with Crippen molar-refractivity contribution in [1.29, 1.82) is 0 Å². The Bertz CT molecular complexity index is 708. The number of fused-ring (bicyclic) bond motifs is 1. The van der Waals surface area contributed by atoms with Crippen LogP contribution in [0.25, 0.3) is 0 Å². The first kappa shape index (κ1) is 19.3.